The van der Waals surface area contributed by atoms with E-state index in [1.807, 2.05) is 20.8 Å². The molecule has 1 atom stereocenters. The molecule has 2 heterocycles. The van der Waals surface area contributed by atoms with Crippen LogP contribution in [-0.4, -0.2) is 54.4 Å². The zero-order valence-corrected chi connectivity index (χ0v) is 21.7. The summed E-state index contributed by atoms with van der Waals surface area (Å²) in [5, 5.41) is 14.2. The van der Waals surface area contributed by atoms with Crippen LogP contribution in [0.1, 0.15) is 33.6 Å². The second kappa shape index (κ2) is 10.2. The molecule has 12 heteroatoms. The molecule has 1 aliphatic rings. The first-order valence-corrected chi connectivity index (χ1v) is 13.7. The number of benzene rings is 2. The maximum atomic E-state index is 13.1. The Bertz CT molecular complexity index is 1330. The van der Waals surface area contributed by atoms with Gasteiger partial charge in [0.05, 0.1) is 10.2 Å². The Hall–Kier alpha value is -2.96. The van der Waals surface area contributed by atoms with E-state index >= 15 is 0 Å². The van der Waals surface area contributed by atoms with Gasteiger partial charge in [0.25, 0.3) is 0 Å². The Morgan fingerprint density at radius 3 is 2.50 bits per heavy atom. The third-order valence-electron chi connectivity index (χ3n) is 5.58. The lowest BCUT2D eigenvalue weighted by Crippen LogP contribution is -2.44. The number of aliphatic hydroxyl groups excluding tert-OH is 1. The zero-order chi connectivity index (χ0) is 26.1. The molecule has 2 aromatic carbocycles. The number of carbonyl (C=O) groups excluding carboxylic acids is 1. The second-order valence-electron chi connectivity index (χ2n) is 9.53. The molecule has 0 spiro atoms. The fraction of sp³-hybridized carbons (Fsp3) is 0.417. The summed E-state index contributed by atoms with van der Waals surface area (Å²) in [7, 11) is -4.12. The van der Waals surface area contributed by atoms with Crippen molar-refractivity contribution in [1.29, 1.82) is 0 Å². The Morgan fingerprint density at radius 1 is 1.19 bits per heavy atom. The monoisotopic (exact) mass is 537 g/mol. The molecule has 1 fully saturated rings. The van der Waals surface area contributed by atoms with E-state index in [-0.39, 0.29) is 22.7 Å². The number of piperidine rings is 1. The van der Waals surface area contributed by atoms with E-state index in [0.717, 1.165) is 24.3 Å². The smallest absolute Gasteiger partial charge is 0.410 e. The maximum Gasteiger partial charge on any atom is 0.410 e. The van der Waals surface area contributed by atoms with Crippen molar-refractivity contribution in [2.24, 2.45) is 5.92 Å². The van der Waals surface area contributed by atoms with Crippen molar-refractivity contribution < 1.29 is 31.6 Å². The van der Waals surface area contributed by atoms with Crippen molar-refractivity contribution in [2.75, 3.05) is 18.4 Å². The van der Waals surface area contributed by atoms with Gasteiger partial charge in [0.15, 0.2) is 5.13 Å². The molecule has 0 saturated carbocycles. The van der Waals surface area contributed by atoms with Crippen LogP contribution in [0.25, 0.3) is 10.2 Å². The molecular weight excluding hydrogens is 509 g/mol. The van der Waals surface area contributed by atoms with Crippen molar-refractivity contribution in [2.45, 2.75) is 50.3 Å². The Labute approximate surface area is 213 Å². The summed E-state index contributed by atoms with van der Waals surface area (Å²) in [6.45, 7) is 6.44. The third kappa shape index (κ3) is 6.42. The number of likely N-dealkylation sites (tertiary alicyclic amines) is 1. The Balaban J connectivity index is 1.37. The molecule has 4 rings (SSSR count). The van der Waals surface area contributed by atoms with E-state index in [9.17, 15) is 22.7 Å². The predicted molar refractivity (Wildman–Crippen MR) is 134 cm³/mol. The highest BCUT2D eigenvalue weighted by molar-refractivity contribution is 7.87. The van der Waals surface area contributed by atoms with Crippen molar-refractivity contribution in [3.63, 3.8) is 0 Å². The van der Waals surface area contributed by atoms with Gasteiger partial charge >= 0.3 is 16.2 Å². The number of aliphatic hydroxyl groups is 1. The number of nitrogens with zero attached hydrogens (tertiary/aromatic N) is 2. The molecule has 9 nitrogen and oxygen atoms in total. The first-order chi connectivity index (χ1) is 16.9. The lowest BCUT2D eigenvalue weighted by Gasteiger charge is -2.35. The highest BCUT2D eigenvalue weighted by atomic mass is 32.2. The van der Waals surface area contributed by atoms with Gasteiger partial charge in [-0.2, -0.15) is 8.42 Å². The van der Waals surface area contributed by atoms with Gasteiger partial charge in [-0.05, 0) is 70.0 Å². The summed E-state index contributed by atoms with van der Waals surface area (Å²) in [5.41, 5.74) is 0.0544. The highest BCUT2D eigenvalue weighted by Crippen LogP contribution is 2.32. The normalized spacial score (nSPS) is 16.1. The minimum Gasteiger partial charge on any atom is -0.444 e. The number of anilines is 1. The van der Waals surface area contributed by atoms with Crippen molar-refractivity contribution in [3.8, 4) is 5.75 Å². The van der Waals surface area contributed by atoms with Crippen LogP contribution in [0.2, 0.25) is 0 Å². The molecule has 36 heavy (non-hydrogen) atoms. The van der Waals surface area contributed by atoms with Crippen LogP contribution in [0.15, 0.2) is 47.4 Å². The van der Waals surface area contributed by atoms with Crippen LogP contribution < -0.4 is 9.50 Å². The van der Waals surface area contributed by atoms with Gasteiger partial charge in [-0.3, -0.25) is 0 Å². The molecule has 0 radical (unpaired) electrons. The fourth-order valence-corrected chi connectivity index (χ4v) is 5.61. The van der Waals surface area contributed by atoms with Gasteiger partial charge in [0.2, 0.25) is 0 Å². The van der Waals surface area contributed by atoms with E-state index in [1.165, 1.54) is 17.4 Å². The van der Waals surface area contributed by atoms with E-state index in [2.05, 4.69) is 10.3 Å². The summed E-state index contributed by atoms with van der Waals surface area (Å²) in [6.07, 6.45) is 0.00434. The van der Waals surface area contributed by atoms with Gasteiger partial charge in [0, 0.05) is 25.1 Å². The SMILES string of the molecule is CC(C)(C)OC(=O)N1CCC(C(O)Nc2nc3ccc(OS(=O)(=O)c4ccc(F)cc4)cc3s2)CC1. The average molecular weight is 538 g/mol. The molecule has 1 aromatic heterocycles. The summed E-state index contributed by atoms with van der Waals surface area (Å²) < 4.78 is 49.3. The van der Waals surface area contributed by atoms with Crippen LogP contribution in [0.3, 0.4) is 0 Å². The largest absolute Gasteiger partial charge is 0.444 e. The van der Waals surface area contributed by atoms with Crippen LogP contribution in [0.4, 0.5) is 14.3 Å². The molecular formula is C24H28FN3O6S2. The van der Waals surface area contributed by atoms with E-state index in [0.29, 0.717) is 41.3 Å². The van der Waals surface area contributed by atoms with Gasteiger partial charge in [-0.15, -0.1) is 0 Å². The topological polar surface area (TPSA) is 118 Å². The zero-order valence-electron chi connectivity index (χ0n) is 20.1. The number of nitrogens with one attached hydrogen (secondary N) is 1. The van der Waals surface area contributed by atoms with E-state index in [1.54, 1.807) is 17.0 Å². The van der Waals surface area contributed by atoms with Gasteiger partial charge in [-0.1, -0.05) is 11.3 Å². The highest BCUT2D eigenvalue weighted by Gasteiger charge is 2.30. The maximum absolute atomic E-state index is 13.1. The molecule has 1 unspecified atom stereocenters. The van der Waals surface area contributed by atoms with Crippen molar-refractivity contribution in [3.05, 3.63) is 48.3 Å². The number of fused-ring (bicyclic) bond motifs is 1. The summed E-state index contributed by atoms with van der Waals surface area (Å²) in [5.74, 6) is -0.525. The second-order valence-corrected chi connectivity index (χ2v) is 12.1. The minimum absolute atomic E-state index is 0.0737. The molecule has 0 bridgehead atoms. The van der Waals surface area contributed by atoms with Crippen LogP contribution in [-0.2, 0) is 14.9 Å². The van der Waals surface area contributed by atoms with Gasteiger partial charge in [0.1, 0.15) is 28.3 Å². The average Bonchev–Trinajstić information content (AvgIpc) is 3.19. The molecule has 2 N–H and O–H groups in total. The van der Waals surface area contributed by atoms with Crippen LogP contribution in [0, 0.1) is 11.7 Å². The number of ether oxygens (including phenoxy) is 1. The Morgan fingerprint density at radius 2 is 1.86 bits per heavy atom. The molecule has 1 saturated heterocycles. The number of amides is 1. The van der Waals surface area contributed by atoms with Crippen LogP contribution >= 0.6 is 11.3 Å². The number of halogens is 1. The molecule has 194 valence electrons. The number of thiazole rings is 1. The summed E-state index contributed by atoms with van der Waals surface area (Å²) in [4.78, 5) is 18.2. The van der Waals surface area contributed by atoms with Gasteiger partial charge in [-0.25, -0.2) is 14.2 Å². The summed E-state index contributed by atoms with van der Waals surface area (Å²) >= 11 is 1.25. The number of carbonyl (C=O) groups is 1. The number of aromatic nitrogens is 1. The lowest BCUT2D eigenvalue weighted by molar-refractivity contribution is 0.0108. The van der Waals surface area contributed by atoms with Gasteiger partial charge < -0.3 is 24.2 Å². The van der Waals surface area contributed by atoms with E-state index < -0.39 is 27.8 Å². The minimum atomic E-state index is -4.12. The van der Waals surface area contributed by atoms with E-state index in [4.69, 9.17) is 8.92 Å². The number of hydrogen-bond donors (Lipinski definition) is 2. The molecule has 1 amide bonds. The first kappa shape index (κ1) is 26.1. The van der Waals surface area contributed by atoms with Crippen molar-refractivity contribution in [1.82, 2.24) is 9.88 Å². The first-order valence-electron chi connectivity index (χ1n) is 11.4. The molecule has 0 aliphatic carbocycles. The molecule has 3 aromatic rings. The number of hydrogen-bond acceptors (Lipinski definition) is 9. The standard InChI is InChI=1S/C24H28FN3O6S2/c1-24(2,3)33-23(30)28-12-10-15(11-13-28)21(29)27-22-26-19-9-6-17(14-20(19)35-22)34-36(31,32)18-7-4-16(25)5-8-18/h4-9,14-15,21,29H,10-13H2,1-3H3,(H,26,27). The Kier molecular flexibility index (Phi) is 7.39. The number of rotatable bonds is 6. The molecule has 1 aliphatic heterocycles. The van der Waals surface area contributed by atoms with Crippen molar-refractivity contribution >= 4 is 42.9 Å². The third-order valence-corrected chi connectivity index (χ3v) is 7.79. The quantitative estimate of drug-likeness (QED) is 0.347. The lowest BCUT2D eigenvalue weighted by atomic mass is 9.95. The summed E-state index contributed by atoms with van der Waals surface area (Å²) in [6, 6.07) is 9.02. The van der Waals surface area contributed by atoms with Crippen LogP contribution in [0.5, 0.6) is 5.75 Å². The predicted octanol–water partition coefficient (Wildman–Crippen LogP) is 4.58. The fourth-order valence-electron chi connectivity index (χ4n) is 3.76.